The number of nitrogens with zero attached hydrogens (tertiary/aromatic N) is 3. The molecule has 0 bridgehead atoms. The Morgan fingerprint density at radius 2 is 1.48 bits per heavy atom. The highest BCUT2D eigenvalue weighted by molar-refractivity contribution is 6.00. The third-order valence-electron chi connectivity index (χ3n) is 7.96. The number of unbranched alkanes of at least 4 members (excludes halogenated alkanes) is 1. The molecule has 2 heterocycles. The molecule has 0 unspecified atom stereocenters. The fraction of sp³-hybridized carbons (Fsp3) is 0.387. The Hall–Kier alpha value is -3.72. The van der Waals surface area contributed by atoms with Crippen LogP contribution >= 0.6 is 0 Å². The molecule has 3 aromatic rings. The van der Waals surface area contributed by atoms with Gasteiger partial charge in [-0.2, -0.15) is 13.2 Å². The molecule has 40 heavy (non-hydrogen) atoms. The number of benzene rings is 2. The second-order valence-corrected chi connectivity index (χ2v) is 10.5. The third kappa shape index (κ3) is 5.89. The number of amides is 2. The maximum Gasteiger partial charge on any atom is 0.405 e. The van der Waals surface area contributed by atoms with Gasteiger partial charge in [-0.15, -0.1) is 0 Å². The number of carbonyl (C=O) groups excluding carboxylic acids is 2. The van der Waals surface area contributed by atoms with Gasteiger partial charge >= 0.3 is 6.18 Å². The van der Waals surface area contributed by atoms with Crippen LogP contribution in [0.5, 0.6) is 0 Å². The molecule has 0 radical (unpaired) electrons. The van der Waals surface area contributed by atoms with Gasteiger partial charge in [-0.25, -0.2) is 0 Å². The maximum atomic E-state index is 13.6. The van der Waals surface area contributed by atoms with E-state index >= 15 is 0 Å². The van der Waals surface area contributed by atoms with E-state index < -0.39 is 24.0 Å². The van der Waals surface area contributed by atoms with E-state index in [9.17, 15) is 22.8 Å². The van der Waals surface area contributed by atoms with Crippen LogP contribution in [-0.4, -0.2) is 72.0 Å². The topological polar surface area (TPSA) is 65.5 Å². The molecule has 9 heteroatoms. The van der Waals surface area contributed by atoms with Crippen molar-refractivity contribution in [1.82, 2.24) is 20.1 Å². The number of aromatic nitrogens is 1. The fourth-order valence-electron chi connectivity index (χ4n) is 6.00. The highest BCUT2D eigenvalue weighted by Crippen LogP contribution is 2.51. The first kappa shape index (κ1) is 27.8. The highest BCUT2D eigenvalue weighted by Gasteiger charge is 2.49. The molecule has 1 fully saturated rings. The zero-order valence-corrected chi connectivity index (χ0v) is 22.3. The van der Waals surface area contributed by atoms with Crippen molar-refractivity contribution in [3.8, 4) is 11.1 Å². The molecule has 0 atom stereocenters. The van der Waals surface area contributed by atoms with E-state index in [4.69, 9.17) is 0 Å². The maximum absolute atomic E-state index is 13.6. The van der Waals surface area contributed by atoms with Gasteiger partial charge in [0.2, 0.25) is 11.8 Å². The molecule has 0 saturated carbocycles. The van der Waals surface area contributed by atoms with Crippen LogP contribution in [0.15, 0.2) is 72.9 Å². The van der Waals surface area contributed by atoms with Gasteiger partial charge in [0.25, 0.3) is 0 Å². The smallest absolute Gasteiger partial charge is 0.346 e. The van der Waals surface area contributed by atoms with Gasteiger partial charge in [0, 0.05) is 38.1 Å². The predicted octanol–water partition coefficient (Wildman–Crippen LogP) is 4.58. The Kier molecular flexibility index (Phi) is 8.21. The minimum Gasteiger partial charge on any atom is -0.346 e. The lowest BCUT2D eigenvalue weighted by molar-refractivity contribution is -0.141. The van der Waals surface area contributed by atoms with Crippen molar-refractivity contribution >= 4 is 11.8 Å². The molecule has 1 aliphatic heterocycles. The van der Waals surface area contributed by atoms with Crippen molar-refractivity contribution in [2.75, 3.05) is 39.3 Å². The first-order chi connectivity index (χ1) is 19.3. The summed E-state index contributed by atoms with van der Waals surface area (Å²) in [6, 6.07) is 20.6. The van der Waals surface area contributed by atoms with E-state index in [2.05, 4.69) is 15.2 Å². The third-order valence-corrected chi connectivity index (χ3v) is 7.96. The number of pyridine rings is 1. The minimum atomic E-state index is -4.49. The van der Waals surface area contributed by atoms with Crippen molar-refractivity contribution in [3.63, 3.8) is 0 Å². The van der Waals surface area contributed by atoms with Crippen LogP contribution in [0.25, 0.3) is 11.1 Å². The Labute approximate surface area is 232 Å². The molecule has 5 rings (SSSR count). The van der Waals surface area contributed by atoms with E-state index in [1.165, 1.54) is 0 Å². The minimum absolute atomic E-state index is 0.0729. The van der Waals surface area contributed by atoms with Crippen LogP contribution in [0.1, 0.15) is 36.1 Å². The van der Waals surface area contributed by atoms with Gasteiger partial charge in [0.05, 0.1) is 6.42 Å². The summed E-state index contributed by atoms with van der Waals surface area (Å²) in [5, 5.41) is 2.19. The number of hydrogen-bond acceptors (Lipinski definition) is 4. The number of rotatable bonds is 9. The van der Waals surface area contributed by atoms with E-state index in [1.54, 1.807) is 6.20 Å². The van der Waals surface area contributed by atoms with Crippen LogP contribution in [-0.2, 0) is 21.4 Å². The summed E-state index contributed by atoms with van der Waals surface area (Å²) in [5.74, 6) is -0.536. The second kappa shape index (κ2) is 11.8. The average Bonchev–Trinajstić information content (AvgIpc) is 3.25. The molecule has 1 N–H and O–H groups in total. The van der Waals surface area contributed by atoms with Crippen molar-refractivity contribution in [3.05, 3.63) is 89.7 Å². The first-order valence-corrected chi connectivity index (χ1v) is 13.7. The Bertz CT molecular complexity index is 1290. The van der Waals surface area contributed by atoms with Gasteiger partial charge in [-0.3, -0.25) is 19.5 Å². The van der Waals surface area contributed by atoms with Gasteiger partial charge in [-0.1, -0.05) is 61.0 Å². The standard InChI is InChI=1S/C31H33F3N4O2/c32-31(33,34)22-36-29(40)30(26-12-3-1-10-24(26)25-11-2-4-13-27(25)30)14-6-8-16-37-17-19-38(20-18-37)28(39)21-23-9-5-7-15-35-23/h1-5,7,9-13,15H,6,8,14,16-22H2,(H,36,40). The van der Waals surface area contributed by atoms with Crippen molar-refractivity contribution < 1.29 is 22.8 Å². The van der Waals surface area contributed by atoms with Gasteiger partial charge in [0.1, 0.15) is 12.0 Å². The Morgan fingerprint density at radius 1 is 0.850 bits per heavy atom. The van der Waals surface area contributed by atoms with E-state index in [0.29, 0.717) is 32.4 Å². The summed E-state index contributed by atoms with van der Waals surface area (Å²) < 4.78 is 39.2. The number of fused-ring (bicyclic) bond motifs is 3. The predicted molar refractivity (Wildman–Crippen MR) is 147 cm³/mol. The molecule has 2 aromatic carbocycles. The van der Waals surface area contributed by atoms with Gasteiger partial charge in [-0.05, 0) is 53.8 Å². The number of nitrogens with one attached hydrogen (secondary N) is 1. The van der Waals surface area contributed by atoms with Crippen molar-refractivity contribution in [2.45, 2.75) is 37.3 Å². The van der Waals surface area contributed by atoms with Crippen LogP contribution in [0.4, 0.5) is 13.2 Å². The molecule has 210 valence electrons. The summed E-state index contributed by atoms with van der Waals surface area (Å²) in [7, 11) is 0. The molecule has 0 spiro atoms. The molecule has 1 saturated heterocycles. The number of hydrogen-bond donors (Lipinski definition) is 1. The lowest BCUT2D eigenvalue weighted by Gasteiger charge is -2.35. The lowest BCUT2D eigenvalue weighted by atomic mass is 9.73. The number of alkyl halides is 3. The zero-order chi connectivity index (χ0) is 28.2. The second-order valence-electron chi connectivity index (χ2n) is 10.5. The molecule has 1 aromatic heterocycles. The number of carbonyl (C=O) groups is 2. The Morgan fingerprint density at radius 3 is 2.08 bits per heavy atom. The van der Waals surface area contributed by atoms with Crippen molar-refractivity contribution in [1.29, 1.82) is 0 Å². The molecular formula is C31H33F3N4O2. The summed E-state index contributed by atoms with van der Waals surface area (Å²) in [6.45, 7) is 2.26. The van der Waals surface area contributed by atoms with E-state index in [-0.39, 0.29) is 5.91 Å². The zero-order valence-electron chi connectivity index (χ0n) is 22.3. The monoisotopic (exact) mass is 550 g/mol. The van der Waals surface area contributed by atoms with E-state index in [1.807, 2.05) is 71.6 Å². The van der Waals surface area contributed by atoms with E-state index in [0.717, 1.165) is 54.0 Å². The normalized spacial score (nSPS) is 16.3. The average molecular weight is 551 g/mol. The SMILES string of the molecule is O=C(Cc1ccccn1)N1CCN(CCCCC2(C(=O)NCC(F)(F)F)c3ccccc3-c3ccccc32)CC1. The molecular weight excluding hydrogens is 517 g/mol. The number of halogens is 3. The van der Waals surface area contributed by atoms with Crippen LogP contribution < -0.4 is 5.32 Å². The lowest BCUT2D eigenvalue weighted by Crippen LogP contribution is -2.49. The summed E-state index contributed by atoms with van der Waals surface area (Å²) in [4.78, 5) is 34.7. The largest absolute Gasteiger partial charge is 0.405 e. The summed E-state index contributed by atoms with van der Waals surface area (Å²) >= 11 is 0. The Balaban J connectivity index is 1.22. The first-order valence-electron chi connectivity index (χ1n) is 13.7. The van der Waals surface area contributed by atoms with Gasteiger partial charge < -0.3 is 10.2 Å². The summed E-state index contributed by atoms with van der Waals surface area (Å²) in [5.41, 5.74) is 2.90. The number of piperazine rings is 1. The fourth-order valence-corrected chi connectivity index (χ4v) is 6.00. The van der Waals surface area contributed by atoms with Crippen LogP contribution in [0.3, 0.4) is 0 Å². The van der Waals surface area contributed by atoms with Gasteiger partial charge in [0.15, 0.2) is 0 Å². The van der Waals surface area contributed by atoms with Crippen LogP contribution in [0.2, 0.25) is 0 Å². The summed E-state index contributed by atoms with van der Waals surface area (Å²) in [6.07, 6.45) is -0.639. The molecule has 2 amide bonds. The van der Waals surface area contributed by atoms with Crippen molar-refractivity contribution in [2.24, 2.45) is 0 Å². The molecule has 1 aliphatic carbocycles. The quantitative estimate of drug-likeness (QED) is 0.396. The highest BCUT2D eigenvalue weighted by atomic mass is 19.4. The molecule has 2 aliphatic rings. The van der Waals surface area contributed by atoms with Crippen LogP contribution in [0, 0.1) is 0 Å². The molecule has 6 nitrogen and oxygen atoms in total.